The van der Waals surface area contributed by atoms with E-state index in [0.29, 0.717) is 6.04 Å². The number of rotatable bonds is 6. The van der Waals surface area contributed by atoms with Crippen molar-refractivity contribution < 1.29 is 9.47 Å². The smallest absolute Gasteiger partial charge is 0.161 e. The molecular formula is C15H23NO2S2. The van der Waals surface area contributed by atoms with Gasteiger partial charge in [-0.2, -0.15) is 11.8 Å². The van der Waals surface area contributed by atoms with Crippen LogP contribution in [0.15, 0.2) is 17.0 Å². The maximum atomic E-state index is 5.40. The summed E-state index contributed by atoms with van der Waals surface area (Å²) >= 11 is 3.81. The molecule has 112 valence electrons. The Morgan fingerprint density at radius 2 is 1.85 bits per heavy atom. The van der Waals surface area contributed by atoms with Crippen LogP contribution in [0.25, 0.3) is 0 Å². The summed E-state index contributed by atoms with van der Waals surface area (Å²) in [5.41, 5.74) is 1.29. The van der Waals surface area contributed by atoms with Crippen molar-refractivity contribution in [1.82, 2.24) is 5.32 Å². The van der Waals surface area contributed by atoms with Gasteiger partial charge in [0.05, 0.1) is 14.2 Å². The molecule has 0 spiro atoms. The van der Waals surface area contributed by atoms with Crippen LogP contribution in [0.5, 0.6) is 11.5 Å². The number of nitrogens with one attached hydrogen (secondary N) is 1. The van der Waals surface area contributed by atoms with Crippen LogP contribution >= 0.6 is 23.5 Å². The first-order chi connectivity index (χ1) is 9.78. The van der Waals surface area contributed by atoms with Crippen LogP contribution in [0.1, 0.15) is 18.4 Å². The third kappa shape index (κ3) is 3.99. The van der Waals surface area contributed by atoms with Crippen molar-refractivity contribution in [3.63, 3.8) is 0 Å². The van der Waals surface area contributed by atoms with Gasteiger partial charge < -0.3 is 14.8 Å². The molecule has 0 unspecified atom stereocenters. The highest BCUT2D eigenvalue weighted by Gasteiger charge is 2.15. The van der Waals surface area contributed by atoms with E-state index in [1.165, 1.54) is 34.8 Å². The summed E-state index contributed by atoms with van der Waals surface area (Å²) in [6.45, 7) is 0.895. The SMILES string of the molecule is COc1cc(CNC2CCSCC2)c(SC)cc1OC. The zero-order chi connectivity index (χ0) is 14.4. The number of ether oxygens (including phenoxy) is 2. The lowest BCUT2D eigenvalue weighted by molar-refractivity contribution is 0.353. The Morgan fingerprint density at radius 3 is 2.45 bits per heavy atom. The van der Waals surface area contributed by atoms with Crippen molar-refractivity contribution in [2.75, 3.05) is 32.0 Å². The maximum Gasteiger partial charge on any atom is 0.161 e. The Hall–Kier alpha value is -0.520. The van der Waals surface area contributed by atoms with Crippen LogP contribution in [-0.4, -0.2) is 38.0 Å². The molecule has 1 saturated heterocycles. The van der Waals surface area contributed by atoms with Gasteiger partial charge in [0, 0.05) is 17.5 Å². The van der Waals surface area contributed by atoms with E-state index in [2.05, 4.69) is 35.5 Å². The van der Waals surface area contributed by atoms with Gasteiger partial charge in [-0.25, -0.2) is 0 Å². The molecular weight excluding hydrogens is 290 g/mol. The molecule has 0 saturated carbocycles. The highest BCUT2D eigenvalue weighted by molar-refractivity contribution is 7.99. The molecule has 0 aliphatic carbocycles. The van der Waals surface area contributed by atoms with Crippen molar-refractivity contribution >= 4 is 23.5 Å². The van der Waals surface area contributed by atoms with E-state index >= 15 is 0 Å². The fourth-order valence-electron chi connectivity index (χ4n) is 2.39. The fourth-order valence-corrected chi connectivity index (χ4v) is 4.11. The Bertz CT molecular complexity index is 434. The predicted molar refractivity (Wildman–Crippen MR) is 88.5 cm³/mol. The second-order valence-corrected chi connectivity index (χ2v) is 6.86. The van der Waals surface area contributed by atoms with Gasteiger partial charge in [0.1, 0.15) is 0 Å². The Kier molecular flexibility index (Phi) is 6.39. The van der Waals surface area contributed by atoms with Crippen LogP contribution in [-0.2, 0) is 6.54 Å². The topological polar surface area (TPSA) is 30.5 Å². The van der Waals surface area contributed by atoms with E-state index in [0.717, 1.165) is 18.0 Å². The molecule has 1 fully saturated rings. The first kappa shape index (κ1) is 15.9. The van der Waals surface area contributed by atoms with Crippen LogP contribution < -0.4 is 14.8 Å². The van der Waals surface area contributed by atoms with E-state index in [1.54, 1.807) is 26.0 Å². The summed E-state index contributed by atoms with van der Waals surface area (Å²) < 4.78 is 10.8. The van der Waals surface area contributed by atoms with E-state index in [1.807, 2.05) is 0 Å². The Labute approximate surface area is 130 Å². The van der Waals surface area contributed by atoms with Crippen LogP contribution in [0, 0.1) is 0 Å². The van der Waals surface area contributed by atoms with E-state index in [9.17, 15) is 0 Å². The summed E-state index contributed by atoms with van der Waals surface area (Å²) in [6.07, 6.45) is 4.64. The molecule has 1 heterocycles. The minimum Gasteiger partial charge on any atom is -0.493 e. The van der Waals surface area contributed by atoms with E-state index in [-0.39, 0.29) is 0 Å². The third-order valence-electron chi connectivity index (χ3n) is 3.59. The quantitative estimate of drug-likeness (QED) is 0.813. The maximum absolute atomic E-state index is 5.40. The summed E-state index contributed by atoms with van der Waals surface area (Å²) in [5.74, 6) is 4.16. The minimum atomic E-state index is 0.652. The largest absolute Gasteiger partial charge is 0.493 e. The predicted octanol–water partition coefficient (Wildman–Crippen LogP) is 3.41. The normalized spacial score (nSPS) is 16.1. The van der Waals surface area contributed by atoms with Crippen molar-refractivity contribution in [2.24, 2.45) is 0 Å². The zero-order valence-corrected chi connectivity index (χ0v) is 14.0. The number of methoxy groups -OCH3 is 2. The van der Waals surface area contributed by atoms with Crippen molar-refractivity contribution in [1.29, 1.82) is 0 Å². The van der Waals surface area contributed by atoms with Gasteiger partial charge in [0.15, 0.2) is 11.5 Å². The zero-order valence-electron chi connectivity index (χ0n) is 12.4. The van der Waals surface area contributed by atoms with Crippen LogP contribution in [0.3, 0.4) is 0 Å². The second-order valence-electron chi connectivity index (χ2n) is 4.79. The number of benzene rings is 1. The fraction of sp³-hybridized carbons (Fsp3) is 0.600. The summed E-state index contributed by atoms with van der Waals surface area (Å²) in [4.78, 5) is 1.25. The minimum absolute atomic E-state index is 0.652. The first-order valence-electron chi connectivity index (χ1n) is 6.88. The van der Waals surface area contributed by atoms with Gasteiger partial charge in [-0.3, -0.25) is 0 Å². The lowest BCUT2D eigenvalue weighted by Gasteiger charge is -2.23. The van der Waals surface area contributed by atoms with Crippen molar-refractivity contribution in [3.8, 4) is 11.5 Å². The van der Waals surface area contributed by atoms with E-state index < -0.39 is 0 Å². The molecule has 1 aliphatic heterocycles. The van der Waals surface area contributed by atoms with Crippen molar-refractivity contribution in [2.45, 2.75) is 30.3 Å². The van der Waals surface area contributed by atoms with Gasteiger partial charge >= 0.3 is 0 Å². The first-order valence-corrected chi connectivity index (χ1v) is 9.26. The van der Waals surface area contributed by atoms with Crippen LogP contribution in [0.4, 0.5) is 0 Å². The second kappa shape index (κ2) is 8.05. The molecule has 5 heteroatoms. The number of thioether (sulfide) groups is 2. The molecule has 20 heavy (non-hydrogen) atoms. The van der Waals surface area contributed by atoms with Gasteiger partial charge in [-0.05, 0) is 48.3 Å². The highest BCUT2D eigenvalue weighted by atomic mass is 32.2. The molecule has 3 nitrogen and oxygen atoms in total. The van der Waals surface area contributed by atoms with Gasteiger partial charge in [-0.1, -0.05) is 0 Å². The van der Waals surface area contributed by atoms with Gasteiger partial charge in [0.25, 0.3) is 0 Å². The molecule has 0 radical (unpaired) electrons. The average molecular weight is 313 g/mol. The summed E-state index contributed by atoms with van der Waals surface area (Å²) in [7, 11) is 3.37. The number of hydrogen-bond acceptors (Lipinski definition) is 5. The Morgan fingerprint density at radius 1 is 1.20 bits per heavy atom. The van der Waals surface area contributed by atoms with Gasteiger partial charge in [0.2, 0.25) is 0 Å². The monoisotopic (exact) mass is 313 g/mol. The lowest BCUT2D eigenvalue weighted by Crippen LogP contribution is -2.32. The van der Waals surface area contributed by atoms with Gasteiger partial charge in [-0.15, -0.1) is 11.8 Å². The molecule has 0 amide bonds. The molecule has 2 rings (SSSR count). The number of hydrogen-bond donors (Lipinski definition) is 1. The molecule has 1 aliphatic rings. The molecule has 0 bridgehead atoms. The Balaban J connectivity index is 2.08. The molecule has 1 aromatic carbocycles. The average Bonchev–Trinajstić information content (AvgIpc) is 2.52. The van der Waals surface area contributed by atoms with Crippen LogP contribution in [0.2, 0.25) is 0 Å². The van der Waals surface area contributed by atoms with E-state index in [4.69, 9.17) is 9.47 Å². The molecule has 1 aromatic rings. The van der Waals surface area contributed by atoms with Crippen molar-refractivity contribution in [3.05, 3.63) is 17.7 Å². The lowest BCUT2D eigenvalue weighted by atomic mass is 10.1. The third-order valence-corrected chi connectivity index (χ3v) is 5.46. The standard InChI is InChI=1S/C15H23NO2S2/c1-17-13-8-11(15(19-3)9-14(13)18-2)10-16-12-4-6-20-7-5-12/h8-9,12,16H,4-7,10H2,1-3H3. The summed E-state index contributed by atoms with van der Waals surface area (Å²) in [5, 5.41) is 3.68. The molecule has 0 aromatic heterocycles. The molecule has 1 N–H and O–H groups in total. The summed E-state index contributed by atoms with van der Waals surface area (Å²) in [6, 6.07) is 4.81. The molecule has 0 atom stereocenters. The highest BCUT2D eigenvalue weighted by Crippen LogP contribution is 2.34.